The molecule has 0 aromatic heterocycles. The van der Waals surface area contributed by atoms with Crippen LogP contribution in [0.25, 0.3) is 0 Å². The highest BCUT2D eigenvalue weighted by atomic mass is 16.4. The summed E-state index contributed by atoms with van der Waals surface area (Å²) in [6.07, 6.45) is -0.00844. The van der Waals surface area contributed by atoms with E-state index in [9.17, 15) is 9.59 Å². The number of piperazine rings is 1. The first-order valence-electron chi connectivity index (χ1n) is 5.87. The van der Waals surface area contributed by atoms with Crippen LogP contribution in [-0.2, 0) is 4.79 Å². The summed E-state index contributed by atoms with van der Waals surface area (Å²) in [6, 6.07) is -1.62. The fraction of sp³-hybridized carbons (Fsp3) is 0.800. The Bertz CT molecular complexity index is 292. The van der Waals surface area contributed by atoms with Gasteiger partial charge in [0.05, 0.1) is 0 Å². The van der Waals surface area contributed by atoms with Crippen LogP contribution < -0.4 is 10.7 Å². The maximum Gasteiger partial charge on any atom is 0.330 e. The molecule has 8 nitrogen and oxygen atoms in total. The zero-order valence-corrected chi connectivity index (χ0v) is 10.4. The van der Waals surface area contributed by atoms with Crippen LogP contribution in [0.2, 0.25) is 0 Å². The number of hydrogen-bond acceptors (Lipinski definition) is 5. The maximum absolute atomic E-state index is 11.6. The summed E-state index contributed by atoms with van der Waals surface area (Å²) >= 11 is 0. The van der Waals surface area contributed by atoms with Gasteiger partial charge in [-0.25, -0.2) is 14.6 Å². The fourth-order valence-electron chi connectivity index (χ4n) is 1.64. The molecule has 1 rings (SSSR count). The van der Waals surface area contributed by atoms with Crippen LogP contribution in [0.3, 0.4) is 0 Å². The van der Waals surface area contributed by atoms with Crippen molar-refractivity contribution in [2.75, 3.05) is 39.8 Å². The van der Waals surface area contributed by atoms with Crippen LogP contribution in [0.15, 0.2) is 0 Å². The van der Waals surface area contributed by atoms with Gasteiger partial charge in [-0.1, -0.05) is 0 Å². The minimum Gasteiger partial charge on any atom is -0.480 e. The van der Waals surface area contributed by atoms with Gasteiger partial charge in [0, 0.05) is 39.2 Å². The lowest BCUT2D eigenvalue weighted by molar-refractivity contribution is -0.139. The Kier molecular flexibility index (Phi) is 5.83. The van der Waals surface area contributed by atoms with E-state index < -0.39 is 18.0 Å². The van der Waals surface area contributed by atoms with Crippen molar-refractivity contribution in [3.63, 3.8) is 0 Å². The van der Waals surface area contributed by atoms with E-state index in [0.29, 0.717) is 13.1 Å². The Morgan fingerprint density at radius 2 is 1.89 bits per heavy atom. The predicted molar refractivity (Wildman–Crippen MR) is 63.9 cm³/mol. The number of rotatable bonds is 5. The molecule has 1 unspecified atom stereocenters. The maximum atomic E-state index is 11.6. The molecule has 0 saturated carbocycles. The molecule has 104 valence electrons. The van der Waals surface area contributed by atoms with Crippen LogP contribution in [-0.4, -0.2) is 78.0 Å². The summed E-state index contributed by atoms with van der Waals surface area (Å²) in [5.74, 6) is -1.16. The largest absolute Gasteiger partial charge is 0.480 e. The van der Waals surface area contributed by atoms with E-state index in [2.05, 4.69) is 15.6 Å². The van der Waals surface area contributed by atoms with Gasteiger partial charge in [0.25, 0.3) is 0 Å². The van der Waals surface area contributed by atoms with E-state index in [1.54, 1.807) is 5.01 Å². The topological polar surface area (TPSA) is 105 Å². The van der Waals surface area contributed by atoms with Crippen molar-refractivity contribution in [3.8, 4) is 0 Å². The normalized spacial score (nSPS) is 19.2. The Labute approximate surface area is 106 Å². The number of aliphatic carboxylic acids is 1. The lowest BCUT2D eigenvalue weighted by atomic mass is 10.2. The average Bonchev–Trinajstić information content (AvgIpc) is 2.31. The summed E-state index contributed by atoms with van der Waals surface area (Å²) in [6.45, 7) is 2.80. The van der Waals surface area contributed by atoms with Gasteiger partial charge in [-0.3, -0.25) is 5.43 Å². The van der Waals surface area contributed by atoms with Crippen molar-refractivity contribution in [1.82, 2.24) is 20.7 Å². The Morgan fingerprint density at radius 3 is 2.39 bits per heavy atom. The number of urea groups is 1. The van der Waals surface area contributed by atoms with Gasteiger partial charge >= 0.3 is 12.0 Å². The van der Waals surface area contributed by atoms with Crippen LogP contribution in [0.1, 0.15) is 6.42 Å². The first-order valence-corrected chi connectivity index (χ1v) is 5.87. The molecule has 0 aliphatic carbocycles. The number of hydrazine groups is 1. The van der Waals surface area contributed by atoms with Crippen molar-refractivity contribution in [1.29, 1.82) is 0 Å². The molecular weight excluding hydrogens is 240 g/mol. The first kappa shape index (κ1) is 14.7. The minimum atomic E-state index is -1.16. The minimum absolute atomic E-state index is 0.00844. The number of amides is 2. The summed E-state index contributed by atoms with van der Waals surface area (Å²) in [5.41, 5.74) is 2.59. The van der Waals surface area contributed by atoms with E-state index in [-0.39, 0.29) is 13.0 Å². The lowest BCUT2D eigenvalue weighted by Crippen LogP contribution is -2.56. The van der Waals surface area contributed by atoms with Gasteiger partial charge in [0.1, 0.15) is 6.04 Å². The van der Waals surface area contributed by atoms with Gasteiger partial charge in [0.2, 0.25) is 0 Å². The summed E-state index contributed by atoms with van der Waals surface area (Å²) in [4.78, 5) is 24.5. The first-order chi connectivity index (χ1) is 8.52. The van der Waals surface area contributed by atoms with E-state index in [1.807, 2.05) is 7.05 Å². The summed E-state index contributed by atoms with van der Waals surface area (Å²) in [7, 11) is 2.00. The molecule has 0 radical (unpaired) electrons. The molecule has 1 aliphatic rings. The van der Waals surface area contributed by atoms with Crippen molar-refractivity contribution >= 4 is 12.0 Å². The molecule has 1 fully saturated rings. The smallest absolute Gasteiger partial charge is 0.330 e. The zero-order chi connectivity index (χ0) is 13.5. The number of hydrogen-bond donors (Lipinski definition) is 4. The van der Waals surface area contributed by atoms with Crippen LogP contribution >= 0.6 is 0 Å². The summed E-state index contributed by atoms with van der Waals surface area (Å²) in [5, 5.41) is 21.6. The monoisotopic (exact) mass is 260 g/mol. The highest BCUT2D eigenvalue weighted by Gasteiger charge is 2.21. The number of carboxylic acids is 1. The van der Waals surface area contributed by atoms with Gasteiger partial charge in [-0.05, 0) is 7.05 Å². The highest BCUT2D eigenvalue weighted by molar-refractivity contribution is 5.82. The Balaban J connectivity index is 2.33. The number of carbonyl (C=O) groups excluding carboxylic acids is 1. The molecule has 0 bridgehead atoms. The number of nitrogens with one attached hydrogen (secondary N) is 2. The molecule has 8 heteroatoms. The Hall–Kier alpha value is -1.38. The number of nitrogens with zero attached hydrogens (tertiary/aromatic N) is 2. The lowest BCUT2D eigenvalue weighted by Gasteiger charge is -2.32. The van der Waals surface area contributed by atoms with Gasteiger partial charge in [0.15, 0.2) is 0 Å². The molecule has 0 aromatic rings. The molecule has 2 amide bonds. The SMILES string of the molecule is CN1CCN(NC(=O)NC(CCO)C(=O)O)CC1. The van der Waals surface area contributed by atoms with Crippen molar-refractivity contribution in [3.05, 3.63) is 0 Å². The average molecular weight is 260 g/mol. The van der Waals surface area contributed by atoms with E-state index in [1.165, 1.54) is 0 Å². The molecular formula is C10H20N4O4. The van der Waals surface area contributed by atoms with Crippen molar-refractivity contribution in [2.45, 2.75) is 12.5 Å². The Morgan fingerprint density at radius 1 is 1.28 bits per heavy atom. The van der Waals surface area contributed by atoms with E-state index in [4.69, 9.17) is 10.2 Å². The second-order valence-corrected chi connectivity index (χ2v) is 4.28. The third-order valence-corrected chi connectivity index (χ3v) is 2.78. The molecule has 1 aliphatic heterocycles. The quantitative estimate of drug-likeness (QED) is 0.469. The van der Waals surface area contributed by atoms with E-state index >= 15 is 0 Å². The van der Waals surface area contributed by atoms with Crippen LogP contribution in [0.5, 0.6) is 0 Å². The second-order valence-electron chi connectivity index (χ2n) is 4.28. The van der Waals surface area contributed by atoms with Gasteiger partial charge in [-0.2, -0.15) is 0 Å². The molecule has 1 heterocycles. The van der Waals surface area contributed by atoms with Crippen LogP contribution in [0, 0.1) is 0 Å². The molecule has 18 heavy (non-hydrogen) atoms. The third kappa shape index (κ3) is 4.86. The van der Waals surface area contributed by atoms with Gasteiger partial charge in [-0.15, -0.1) is 0 Å². The van der Waals surface area contributed by atoms with Crippen LogP contribution in [0.4, 0.5) is 4.79 Å². The molecule has 4 N–H and O–H groups in total. The van der Waals surface area contributed by atoms with Crippen molar-refractivity contribution < 1.29 is 19.8 Å². The number of aliphatic hydroxyl groups is 1. The number of carbonyl (C=O) groups is 2. The highest BCUT2D eigenvalue weighted by Crippen LogP contribution is 1.96. The summed E-state index contributed by atoms with van der Waals surface area (Å²) < 4.78 is 0. The van der Waals surface area contributed by atoms with Gasteiger partial charge < -0.3 is 20.4 Å². The zero-order valence-electron chi connectivity index (χ0n) is 10.4. The third-order valence-electron chi connectivity index (χ3n) is 2.78. The molecule has 1 atom stereocenters. The standard InChI is InChI=1S/C10H20N4O4/c1-13-3-5-14(6-4-13)12-10(18)11-8(2-7-15)9(16)17/h8,15H,2-7H2,1H3,(H,16,17)(H2,11,12,18). The second kappa shape index (κ2) is 7.14. The molecule has 0 spiro atoms. The number of aliphatic hydroxyl groups excluding tert-OH is 1. The van der Waals surface area contributed by atoms with E-state index in [0.717, 1.165) is 13.1 Å². The molecule has 1 saturated heterocycles. The molecule has 0 aromatic carbocycles. The number of carboxylic acid groups (broad SMARTS) is 1. The predicted octanol–water partition coefficient (Wildman–Crippen LogP) is -1.72. The fourth-order valence-corrected chi connectivity index (χ4v) is 1.64. The van der Waals surface area contributed by atoms with Crippen molar-refractivity contribution in [2.24, 2.45) is 0 Å². The number of likely N-dealkylation sites (N-methyl/N-ethyl adjacent to an activating group) is 1.